The number of hydrogen-bond donors (Lipinski definition) is 1. The zero-order chi connectivity index (χ0) is 21.0. The molecular formula is C20H22N2O6S. The average Bonchev–Trinajstić information content (AvgIpc) is 2.75. The monoisotopic (exact) mass is 418 g/mol. The van der Waals surface area contributed by atoms with Gasteiger partial charge in [0.05, 0.1) is 30.8 Å². The summed E-state index contributed by atoms with van der Waals surface area (Å²) < 4.78 is 37.2. The highest BCUT2D eigenvalue weighted by atomic mass is 32.2. The maximum Gasteiger partial charge on any atom is 0.337 e. The van der Waals surface area contributed by atoms with Crippen molar-refractivity contribution in [2.24, 2.45) is 0 Å². The number of rotatable bonds is 5. The number of carbonyl (C=O) groups excluding carboxylic acids is 2. The zero-order valence-corrected chi connectivity index (χ0v) is 17.0. The number of carbonyl (C=O) groups is 2. The molecule has 9 heteroatoms. The fourth-order valence-corrected chi connectivity index (χ4v) is 4.62. The second kappa shape index (κ2) is 8.73. The third kappa shape index (κ3) is 4.64. The van der Waals surface area contributed by atoms with E-state index in [4.69, 9.17) is 4.74 Å². The van der Waals surface area contributed by atoms with E-state index in [9.17, 15) is 18.0 Å². The van der Waals surface area contributed by atoms with Gasteiger partial charge in [-0.05, 0) is 48.9 Å². The van der Waals surface area contributed by atoms with Crippen LogP contribution in [0.15, 0.2) is 47.4 Å². The van der Waals surface area contributed by atoms with Crippen LogP contribution in [0.1, 0.15) is 26.3 Å². The van der Waals surface area contributed by atoms with Gasteiger partial charge in [0.15, 0.2) is 0 Å². The number of nitrogens with one attached hydrogen (secondary N) is 1. The molecule has 1 heterocycles. The molecule has 0 bridgehead atoms. The van der Waals surface area contributed by atoms with Crippen molar-refractivity contribution in [1.82, 2.24) is 4.31 Å². The van der Waals surface area contributed by atoms with Gasteiger partial charge in [0, 0.05) is 24.3 Å². The van der Waals surface area contributed by atoms with Gasteiger partial charge in [-0.1, -0.05) is 6.07 Å². The second-order valence-corrected chi connectivity index (χ2v) is 8.43. The van der Waals surface area contributed by atoms with Gasteiger partial charge >= 0.3 is 5.97 Å². The van der Waals surface area contributed by atoms with Crippen molar-refractivity contribution in [1.29, 1.82) is 0 Å². The number of aryl methyl sites for hydroxylation is 1. The molecule has 1 aliphatic rings. The molecule has 0 spiro atoms. The molecule has 0 radical (unpaired) electrons. The smallest absolute Gasteiger partial charge is 0.337 e. The Balaban J connectivity index is 1.80. The number of esters is 1. The molecule has 29 heavy (non-hydrogen) atoms. The van der Waals surface area contributed by atoms with Crippen LogP contribution in [0.3, 0.4) is 0 Å². The maximum atomic E-state index is 13.0. The van der Waals surface area contributed by atoms with E-state index < -0.39 is 21.9 Å². The Morgan fingerprint density at radius 1 is 1.03 bits per heavy atom. The summed E-state index contributed by atoms with van der Waals surface area (Å²) in [6, 6.07) is 10.7. The fraction of sp³-hybridized carbons (Fsp3) is 0.300. The number of anilines is 1. The van der Waals surface area contributed by atoms with Gasteiger partial charge < -0.3 is 14.8 Å². The van der Waals surface area contributed by atoms with Crippen LogP contribution < -0.4 is 5.32 Å². The van der Waals surface area contributed by atoms with Gasteiger partial charge in [0.25, 0.3) is 5.91 Å². The van der Waals surface area contributed by atoms with Crippen LogP contribution in [0.25, 0.3) is 0 Å². The molecule has 3 rings (SSSR count). The van der Waals surface area contributed by atoms with Crippen LogP contribution in [-0.4, -0.2) is 58.0 Å². The minimum atomic E-state index is -3.68. The van der Waals surface area contributed by atoms with Crippen molar-refractivity contribution in [3.05, 3.63) is 59.2 Å². The molecule has 2 aromatic carbocycles. The van der Waals surface area contributed by atoms with Gasteiger partial charge in [-0.2, -0.15) is 4.31 Å². The first-order chi connectivity index (χ1) is 13.8. The maximum absolute atomic E-state index is 13.0. The molecule has 0 aromatic heterocycles. The zero-order valence-electron chi connectivity index (χ0n) is 16.2. The van der Waals surface area contributed by atoms with E-state index in [1.807, 2.05) is 0 Å². The predicted molar refractivity (Wildman–Crippen MR) is 106 cm³/mol. The summed E-state index contributed by atoms with van der Waals surface area (Å²) in [7, 11) is -2.40. The number of hydrogen-bond acceptors (Lipinski definition) is 6. The van der Waals surface area contributed by atoms with Crippen LogP contribution in [0.5, 0.6) is 0 Å². The van der Waals surface area contributed by atoms with Gasteiger partial charge in [-0.15, -0.1) is 0 Å². The minimum absolute atomic E-state index is 0.151. The van der Waals surface area contributed by atoms with Crippen LogP contribution in [0.4, 0.5) is 5.69 Å². The molecule has 1 N–H and O–H groups in total. The molecule has 1 fully saturated rings. The molecule has 1 saturated heterocycles. The average molecular weight is 418 g/mol. The van der Waals surface area contributed by atoms with E-state index in [0.29, 0.717) is 48.7 Å². The highest BCUT2D eigenvalue weighted by Crippen LogP contribution is 2.24. The SMILES string of the molecule is COC(=O)c1ccc(C(=O)Nc2ccc(C)c(S(=O)(=O)N3CCOCC3)c2)cc1. The summed E-state index contributed by atoms with van der Waals surface area (Å²) in [5, 5.41) is 2.70. The Bertz CT molecular complexity index is 1010. The van der Waals surface area contributed by atoms with Crippen molar-refractivity contribution in [2.45, 2.75) is 11.8 Å². The normalized spacial score (nSPS) is 15.0. The first-order valence-corrected chi connectivity index (χ1v) is 10.4. The van der Waals surface area contributed by atoms with E-state index in [2.05, 4.69) is 10.1 Å². The second-order valence-electron chi connectivity index (χ2n) is 6.52. The van der Waals surface area contributed by atoms with Gasteiger partial charge in [0.1, 0.15) is 0 Å². The predicted octanol–water partition coefficient (Wildman–Crippen LogP) is 2.05. The van der Waals surface area contributed by atoms with Crippen LogP contribution in [0.2, 0.25) is 0 Å². The number of benzene rings is 2. The molecule has 0 saturated carbocycles. The van der Waals surface area contributed by atoms with E-state index in [0.717, 1.165) is 0 Å². The van der Waals surface area contributed by atoms with Crippen molar-refractivity contribution in [2.75, 3.05) is 38.7 Å². The van der Waals surface area contributed by atoms with E-state index in [1.54, 1.807) is 19.1 Å². The third-order valence-electron chi connectivity index (χ3n) is 4.60. The summed E-state index contributed by atoms with van der Waals surface area (Å²) in [6.07, 6.45) is 0. The number of sulfonamides is 1. The fourth-order valence-electron chi connectivity index (χ4n) is 2.96. The lowest BCUT2D eigenvalue weighted by Gasteiger charge is -2.26. The highest BCUT2D eigenvalue weighted by Gasteiger charge is 2.28. The standard InChI is InChI=1S/C20H22N2O6S/c1-14-3-8-17(13-18(14)29(25,26)22-9-11-28-12-10-22)21-19(23)15-4-6-16(7-5-15)20(24)27-2/h3-8,13H,9-12H2,1-2H3,(H,21,23). The van der Waals surface area contributed by atoms with Crippen LogP contribution in [-0.2, 0) is 19.5 Å². The quantitative estimate of drug-likeness (QED) is 0.746. The van der Waals surface area contributed by atoms with E-state index >= 15 is 0 Å². The van der Waals surface area contributed by atoms with Crippen molar-refractivity contribution in [3.8, 4) is 0 Å². The van der Waals surface area contributed by atoms with Crippen LogP contribution >= 0.6 is 0 Å². The molecular weight excluding hydrogens is 396 g/mol. The van der Waals surface area contributed by atoms with Gasteiger partial charge in [-0.25, -0.2) is 13.2 Å². The van der Waals surface area contributed by atoms with Gasteiger partial charge in [0.2, 0.25) is 10.0 Å². The molecule has 0 unspecified atom stereocenters. The molecule has 1 amide bonds. The summed E-state index contributed by atoms with van der Waals surface area (Å²) in [5.41, 5.74) is 1.62. The van der Waals surface area contributed by atoms with Crippen molar-refractivity contribution < 1.29 is 27.5 Å². The molecule has 8 nitrogen and oxygen atoms in total. The first-order valence-electron chi connectivity index (χ1n) is 9.01. The molecule has 1 aliphatic heterocycles. The molecule has 0 atom stereocenters. The van der Waals surface area contributed by atoms with Crippen LogP contribution in [0, 0.1) is 6.92 Å². The lowest BCUT2D eigenvalue weighted by atomic mass is 10.1. The highest BCUT2D eigenvalue weighted by molar-refractivity contribution is 7.89. The van der Waals surface area contributed by atoms with Crippen molar-refractivity contribution >= 4 is 27.6 Å². The lowest BCUT2D eigenvalue weighted by Crippen LogP contribution is -2.40. The number of ether oxygens (including phenoxy) is 2. The lowest BCUT2D eigenvalue weighted by molar-refractivity contribution is 0.0600. The summed E-state index contributed by atoms with van der Waals surface area (Å²) in [5.74, 6) is -0.909. The Kier molecular flexibility index (Phi) is 6.31. The Labute approximate surface area is 169 Å². The number of amides is 1. The Morgan fingerprint density at radius 2 is 1.66 bits per heavy atom. The summed E-state index contributed by atoms with van der Waals surface area (Å²) >= 11 is 0. The molecule has 2 aromatic rings. The largest absolute Gasteiger partial charge is 0.465 e. The Morgan fingerprint density at radius 3 is 2.28 bits per heavy atom. The number of morpholine rings is 1. The topological polar surface area (TPSA) is 102 Å². The first kappa shape index (κ1) is 21.0. The third-order valence-corrected chi connectivity index (χ3v) is 6.64. The summed E-state index contributed by atoms with van der Waals surface area (Å²) in [4.78, 5) is 24.1. The van der Waals surface area contributed by atoms with Gasteiger partial charge in [-0.3, -0.25) is 4.79 Å². The number of nitrogens with zero attached hydrogens (tertiary/aromatic N) is 1. The molecule has 0 aliphatic carbocycles. The van der Waals surface area contributed by atoms with E-state index in [1.165, 1.54) is 41.7 Å². The van der Waals surface area contributed by atoms with E-state index in [-0.39, 0.29) is 4.90 Å². The summed E-state index contributed by atoms with van der Waals surface area (Å²) in [6.45, 7) is 3.02. The molecule has 154 valence electrons. The Hall–Kier alpha value is -2.75. The minimum Gasteiger partial charge on any atom is -0.465 e. The van der Waals surface area contributed by atoms with Crippen molar-refractivity contribution in [3.63, 3.8) is 0 Å². The number of methoxy groups -OCH3 is 1.